The second kappa shape index (κ2) is 8.24. The van der Waals surface area contributed by atoms with E-state index in [9.17, 15) is 18.0 Å². The summed E-state index contributed by atoms with van der Waals surface area (Å²) >= 11 is 0. The van der Waals surface area contributed by atoms with E-state index < -0.39 is 22.1 Å². The number of sulfonamides is 1. The van der Waals surface area contributed by atoms with E-state index in [1.807, 2.05) is 0 Å². The lowest BCUT2D eigenvalue weighted by molar-refractivity contribution is -0.151. The summed E-state index contributed by atoms with van der Waals surface area (Å²) in [5.74, 6) is -1.16. The number of rotatable bonds is 4. The number of nitrogens with one attached hydrogen (secondary N) is 1. The predicted molar refractivity (Wildman–Crippen MR) is 100 cm³/mol. The van der Waals surface area contributed by atoms with Crippen LogP contribution in [0, 0.1) is 0 Å². The van der Waals surface area contributed by atoms with E-state index in [1.54, 1.807) is 17.2 Å². The molecule has 0 saturated heterocycles. The molecule has 8 nitrogen and oxygen atoms in total. The van der Waals surface area contributed by atoms with Crippen molar-refractivity contribution in [3.8, 4) is 0 Å². The highest BCUT2D eigenvalue weighted by Gasteiger charge is 2.32. The number of ether oxygens (including phenoxy) is 1. The Bertz CT molecular complexity index is 792. The van der Waals surface area contributed by atoms with Crippen molar-refractivity contribution in [3.63, 3.8) is 0 Å². The van der Waals surface area contributed by atoms with Crippen molar-refractivity contribution in [2.45, 2.75) is 57.6 Å². The van der Waals surface area contributed by atoms with Gasteiger partial charge in [0.15, 0.2) is 11.9 Å². The van der Waals surface area contributed by atoms with Crippen molar-refractivity contribution >= 4 is 27.7 Å². The lowest BCUT2D eigenvalue weighted by Crippen LogP contribution is -2.44. The van der Waals surface area contributed by atoms with Gasteiger partial charge in [-0.1, -0.05) is 25.7 Å². The Morgan fingerprint density at radius 1 is 1.26 bits per heavy atom. The smallest absolute Gasteiger partial charge is 0.342 e. The first kappa shape index (κ1) is 19.6. The minimum Gasteiger partial charge on any atom is -0.449 e. The van der Waals surface area contributed by atoms with E-state index in [1.165, 1.54) is 25.8 Å². The van der Waals surface area contributed by atoms with Gasteiger partial charge in [0.25, 0.3) is 15.9 Å². The first-order valence-electron chi connectivity index (χ1n) is 9.35. The Morgan fingerprint density at radius 3 is 2.67 bits per heavy atom. The molecule has 1 atom stereocenters. The number of allylic oxidation sites excluding steroid dienone is 2. The average Bonchev–Trinajstić information content (AvgIpc) is 2.89. The SMILES string of the molecule is C[C@@H](OC(=O)C1=CC=CN2CCS(=O)(=O)N=C12)C(=O)NC1CCCCCC1. The summed E-state index contributed by atoms with van der Waals surface area (Å²) < 4.78 is 32.5. The van der Waals surface area contributed by atoms with E-state index >= 15 is 0 Å². The summed E-state index contributed by atoms with van der Waals surface area (Å²) in [6.45, 7) is 1.74. The molecule has 0 aromatic carbocycles. The van der Waals surface area contributed by atoms with E-state index in [0.29, 0.717) is 0 Å². The highest BCUT2D eigenvalue weighted by atomic mass is 32.2. The fraction of sp³-hybridized carbons (Fsp3) is 0.611. The molecule has 148 valence electrons. The number of hydrogen-bond acceptors (Lipinski definition) is 6. The molecule has 0 aromatic rings. The van der Waals surface area contributed by atoms with Gasteiger partial charge < -0.3 is 15.0 Å². The van der Waals surface area contributed by atoms with Gasteiger partial charge in [-0.3, -0.25) is 4.79 Å². The highest BCUT2D eigenvalue weighted by Crippen LogP contribution is 2.20. The van der Waals surface area contributed by atoms with Crippen LogP contribution in [-0.4, -0.2) is 55.5 Å². The monoisotopic (exact) mass is 395 g/mol. The molecule has 2 heterocycles. The quantitative estimate of drug-likeness (QED) is 0.567. The molecular formula is C18H25N3O5S. The average molecular weight is 395 g/mol. The molecule has 2 aliphatic heterocycles. The third-order valence-electron chi connectivity index (χ3n) is 4.93. The summed E-state index contributed by atoms with van der Waals surface area (Å²) in [6.07, 6.45) is 10.2. The van der Waals surface area contributed by atoms with Crippen LogP contribution in [0.2, 0.25) is 0 Å². The number of carbonyl (C=O) groups is 2. The zero-order valence-electron chi connectivity index (χ0n) is 15.4. The zero-order valence-corrected chi connectivity index (χ0v) is 16.2. The van der Waals surface area contributed by atoms with E-state index in [4.69, 9.17) is 4.74 Å². The number of amides is 1. The van der Waals surface area contributed by atoms with Gasteiger partial charge in [0, 0.05) is 18.8 Å². The first-order chi connectivity index (χ1) is 12.9. The minimum atomic E-state index is -3.60. The summed E-state index contributed by atoms with van der Waals surface area (Å²) in [5, 5.41) is 2.95. The van der Waals surface area contributed by atoms with Gasteiger partial charge in [-0.15, -0.1) is 4.40 Å². The second-order valence-electron chi connectivity index (χ2n) is 7.06. The molecule has 0 aromatic heterocycles. The van der Waals surface area contributed by atoms with Crippen LogP contribution in [0.4, 0.5) is 0 Å². The Hall–Kier alpha value is -2.16. The van der Waals surface area contributed by atoms with Gasteiger partial charge in [-0.05, 0) is 31.9 Å². The Morgan fingerprint density at radius 2 is 1.96 bits per heavy atom. The molecule has 0 unspecified atom stereocenters. The van der Waals surface area contributed by atoms with Crippen molar-refractivity contribution in [3.05, 3.63) is 23.9 Å². The van der Waals surface area contributed by atoms with Crippen LogP contribution in [-0.2, 0) is 24.3 Å². The largest absolute Gasteiger partial charge is 0.449 e. The molecule has 3 rings (SSSR count). The van der Waals surface area contributed by atoms with Gasteiger partial charge in [0.05, 0.1) is 5.75 Å². The van der Waals surface area contributed by atoms with Gasteiger partial charge in [0.2, 0.25) is 0 Å². The third kappa shape index (κ3) is 4.97. The summed E-state index contributed by atoms with van der Waals surface area (Å²) in [7, 11) is -3.60. The molecule has 1 N–H and O–H groups in total. The maximum atomic E-state index is 12.5. The molecule has 0 bridgehead atoms. The lowest BCUT2D eigenvalue weighted by Gasteiger charge is -2.28. The minimum absolute atomic E-state index is 0.0369. The van der Waals surface area contributed by atoms with Crippen molar-refractivity contribution in [2.75, 3.05) is 12.3 Å². The summed E-state index contributed by atoms with van der Waals surface area (Å²) in [4.78, 5) is 26.5. The molecule has 27 heavy (non-hydrogen) atoms. The maximum Gasteiger partial charge on any atom is 0.342 e. The molecular weight excluding hydrogens is 370 g/mol. The molecule has 0 radical (unpaired) electrons. The number of fused-ring (bicyclic) bond motifs is 1. The molecule has 1 saturated carbocycles. The van der Waals surface area contributed by atoms with Gasteiger partial charge in [-0.25, -0.2) is 13.2 Å². The molecule has 0 spiro atoms. The number of carbonyl (C=O) groups excluding carboxylic acids is 2. The number of esters is 1. The number of amidine groups is 1. The summed E-state index contributed by atoms with van der Waals surface area (Å²) in [6, 6.07) is 0.112. The first-order valence-corrected chi connectivity index (χ1v) is 11.0. The van der Waals surface area contributed by atoms with Gasteiger partial charge >= 0.3 is 5.97 Å². The highest BCUT2D eigenvalue weighted by molar-refractivity contribution is 7.90. The van der Waals surface area contributed by atoms with Crippen LogP contribution in [0.1, 0.15) is 45.4 Å². The Balaban J connectivity index is 1.63. The Labute approximate surface area is 159 Å². The van der Waals surface area contributed by atoms with Crippen molar-refractivity contribution < 1.29 is 22.7 Å². The van der Waals surface area contributed by atoms with Gasteiger partial charge in [-0.2, -0.15) is 0 Å². The third-order valence-corrected chi connectivity index (χ3v) is 6.08. The summed E-state index contributed by atoms with van der Waals surface area (Å²) in [5.41, 5.74) is 0.0369. The van der Waals surface area contributed by atoms with Crippen LogP contribution >= 0.6 is 0 Å². The molecule has 1 amide bonds. The van der Waals surface area contributed by atoms with E-state index in [-0.39, 0.29) is 35.7 Å². The lowest BCUT2D eigenvalue weighted by atomic mass is 10.1. The standard InChI is InChI=1S/C18H25N3O5S/c1-13(17(22)19-14-7-4-2-3-5-8-14)26-18(23)15-9-6-10-21-11-12-27(24,25)20-16(15)21/h6,9-10,13-14H,2-5,7-8,11-12H2,1H3,(H,19,22)/t13-/m1/s1. The predicted octanol–water partition coefficient (Wildman–Crippen LogP) is 1.25. The topological polar surface area (TPSA) is 105 Å². The van der Waals surface area contributed by atoms with E-state index in [2.05, 4.69) is 9.71 Å². The van der Waals surface area contributed by atoms with Crippen LogP contribution in [0.5, 0.6) is 0 Å². The van der Waals surface area contributed by atoms with Crippen molar-refractivity contribution in [2.24, 2.45) is 4.40 Å². The Kier molecular flexibility index (Phi) is 5.98. The van der Waals surface area contributed by atoms with Crippen LogP contribution in [0.25, 0.3) is 0 Å². The fourth-order valence-electron chi connectivity index (χ4n) is 3.40. The van der Waals surface area contributed by atoms with Gasteiger partial charge in [0.1, 0.15) is 5.57 Å². The molecule has 1 aliphatic carbocycles. The number of hydrogen-bond donors (Lipinski definition) is 1. The molecule has 9 heteroatoms. The zero-order chi connectivity index (χ0) is 19.4. The second-order valence-corrected chi connectivity index (χ2v) is 8.82. The van der Waals surface area contributed by atoms with Crippen LogP contribution in [0.3, 0.4) is 0 Å². The number of nitrogens with zero attached hydrogens (tertiary/aromatic N) is 2. The van der Waals surface area contributed by atoms with Crippen LogP contribution < -0.4 is 5.32 Å². The van der Waals surface area contributed by atoms with E-state index in [0.717, 1.165) is 25.7 Å². The van der Waals surface area contributed by atoms with Crippen molar-refractivity contribution in [1.82, 2.24) is 10.2 Å². The maximum absolute atomic E-state index is 12.5. The van der Waals surface area contributed by atoms with Crippen LogP contribution in [0.15, 0.2) is 28.3 Å². The normalized spacial score (nSPS) is 23.4. The fourth-order valence-corrected chi connectivity index (χ4v) is 4.38. The molecule has 3 aliphatic rings. The van der Waals surface area contributed by atoms with Crippen molar-refractivity contribution in [1.29, 1.82) is 0 Å². The molecule has 1 fully saturated rings.